The molecule has 0 radical (unpaired) electrons. The number of nitrogens with two attached hydrogens (primary N) is 1. The number of primary amides is 1. The van der Waals surface area contributed by atoms with Gasteiger partial charge in [0.15, 0.2) is 0 Å². The summed E-state index contributed by atoms with van der Waals surface area (Å²) in [6.07, 6.45) is 0. The van der Waals surface area contributed by atoms with E-state index in [0.29, 0.717) is 24.0 Å². The Kier molecular flexibility index (Phi) is 4.70. The van der Waals surface area contributed by atoms with Crippen molar-refractivity contribution in [3.8, 4) is 0 Å². The molecule has 1 saturated heterocycles. The zero-order chi connectivity index (χ0) is 14.7. The second kappa shape index (κ2) is 6.31. The van der Waals surface area contributed by atoms with Gasteiger partial charge >= 0.3 is 0 Å². The topological polar surface area (TPSA) is 63.4 Å². The van der Waals surface area contributed by atoms with E-state index in [0.717, 1.165) is 5.56 Å². The van der Waals surface area contributed by atoms with E-state index in [1.54, 1.807) is 4.90 Å². The molecule has 0 spiro atoms. The van der Waals surface area contributed by atoms with Gasteiger partial charge in [0.25, 0.3) is 0 Å². The van der Waals surface area contributed by atoms with Gasteiger partial charge < -0.3 is 10.6 Å². The Morgan fingerprint density at radius 1 is 1.40 bits per heavy atom. The molecule has 2 amide bonds. The van der Waals surface area contributed by atoms with Crippen LogP contribution in [0.3, 0.4) is 0 Å². The number of thioether (sulfide) groups is 1. The Bertz CT molecular complexity index is 499. The summed E-state index contributed by atoms with van der Waals surface area (Å²) < 4.78 is 0. The van der Waals surface area contributed by atoms with E-state index in [9.17, 15) is 9.59 Å². The molecule has 20 heavy (non-hydrogen) atoms. The van der Waals surface area contributed by atoms with Crippen LogP contribution >= 0.6 is 11.8 Å². The Labute approximate surface area is 123 Å². The van der Waals surface area contributed by atoms with Gasteiger partial charge in [-0.2, -0.15) is 0 Å². The minimum Gasteiger partial charge on any atom is -0.368 e. The lowest BCUT2D eigenvalue weighted by molar-refractivity contribution is -0.137. The molecule has 2 N–H and O–H groups in total. The second-order valence-electron chi connectivity index (χ2n) is 5.35. The fourth-order valence-corrected chi connectivity index (χ4v) is 3.27. The van der Waals surface area contributed by atoms with Gasteiger partial charge in [-0.15, -0.1) is 11.8 Å². The molecule has 1 heterocycles. The number of hydrogen-bond acceptors (Lipinski definition) is 3. The molecule has 1 unspecified atom stereocenters. The average molecular weight is 292 g/mol. The average Bonchev–Trinajstić information content (AvgIpc) is 2.41. The second-order valence-corrected chi connectivity index (χ2v) is 6.38. The SMILES string of the molecule is CC(C)c1ccc(CN2C(=O)CSCC2C(N)=O)cc1. The largest absolute Gasteiger partial charge is 0.368 e. The van der Waals surface area contributed by atoms with E-state index in [1.165, 1.54) is 17.3 Å². The maximum absolute atomic E-state index is 12.0. The zero-order valence-corrected chi connectivity index (χ0v) is 12.7. The molecule has 2 rings (SSSR count). The predicted molar refractivity (Wildman–Crippen MR) is 81.4 cm³/mol. The third-order valence-electron chi connectivity index (χ3n) is 3.53. The summed E-state index contributed by atoms with van der Waals surface area (Å²) in [7, 11) is 0. The lowest BCUT2D eigenvalue weighted by Gasteiger charge is -2.33. The first-order chi connectivity index (χ1) is 9.49. The first-order valence-corrected chi connectivity index (χ1v) is 7.90. The van der Waals surface area contributed by atoms with Gasteiger partial charge in [0, 0.05) is 12.3 Å². The van der Waals surface area contributed by atoms with Crippen LogP contribution in [0.15, 0.2) is 24.3 Å². The summed E-state index contributed by atoms with van der Waals surface area (Å²) in [4.78, 5) is 25.0. The van der Waals surface area contributed by atoms with Crippen molar-refractivity contribution in [3.05, 3.63) is 35.4 Å². The number of hydrogen-bond donors (Lipinski definition) is 1. The summed E-state index contributed by atoms with van der Waals surface area (Å²) in [5, 5.41) is 0. The summed E-state index contributed by atoms with van der Waals surface area (Å²) in [5.74, 6) is 1.05. The monoisotopic (exact) mass is 292 g/mol. The third kappa shape index (κ3) is 3.33. The molecular weight excluding hydrogens is 272 g/mol. The molecule has 1 atom stereocenters. The fourth-order valence-electron chi connectivity index (χ4n) is 2.24. The fraction of sp³-hybridized carbons (Fsp3) is 0.467. The highest BCUT2D eigenvalue weighted by Crippen LogP contribution is 2.21. The van der Waals surface area contributed by atoms with Crippen molar-refractivity contribution in [1.29, 1.82) is 0 Å². The van der Waals surface area contributed by atoms with Crippen molar-refractivity contribution >= 4 is 23.6 Å². The molecule has 1 aliphatic heterocycles. The summed E-state index contributed by atoms with van der Waals surface area (Å²) in [6, 6.07) is 7.68. The first kappa shape index (κ1) is 14.9. The van der Waals surface area contributed by atoms with Gasteiger partial charge in [-0.3, -0.25) is 9.59 Å². The number of amides is 2. The molecular formula is C15H20N2O2S. The van der Waals surface area contributed by atoms with Gasteiger partial charge in [-0.1, -0.05) is 38.1 Å². The van der Waals surface area contributed by atoms with Crippen LogP contribution in [0.2, 0.25) is 0 Å². The van der Waals surface area contributed by atoms with Crippen LogP contribution in [0, 0.1) is 0 Å². The van der Waals surface area contributed by atoms with E-state index < -0.39 is 11.9 Å². The Morgan fingerprint density at radius 2 is 2.05 bits per heavy atom. The highest BCUT2D eigenvalue weighted by atomic mass is 32.2. The van der Waals surface area contributed by atoms with Crippen LogP contribution in [0.4, 0.5) is 0 Å². The maximum atomic E-state index is 12.0. The Hall–Kier alpha value is -1.49. The molecule has 0 aromatic heterocycles. The van der Waals surface area contributed by atoms with Crippen molar-refractivity contribution < 1.29 is 9.59 Å². The summed E-state index contributed by atoms with van der Waals surface area (Å²) >= 11 is 1.47. The Balaban J connectivity index is 2.13. The van der Waals surface area contributed by atoms with Gasteiger partial charge in [0.05, 0.1) is 5.75 Å². The molecule has 0 aliphatic carbocycles. The number of benzene rings is 1. The number of carbonyl (C=O) groups excluding carboxylic acids is 2. The quantitative estimate of drug-likeness (QED) is 0.919. The molecule has 0 saturated carbocycles. The zero-order valence-electron chi connectivity index (χ0n) is 11.8. The molecule has 5 heteroatoms. The molecule has 1 aliphatic rings. The van der Waals surface area contributed by atoms with Crippen molar-refractivity contribution in [2.24, 2.45) is 5.73 Å². The van der Waals surface area contributed by atoms with E-state index in [-0.39, 0.29) is 5.91 Å². The van der Waals surface area contributed by atoms with Crippen LogP contribution in [0.5, 0.6) is 0 Å². The van der Waals surface area contributed by atoms with Gasteiger partial charge in [-0.25, -0.2) is 0 Å². The molecule has 1 fully saturated rings. The van der Waals surface area contributed by atoms with Crippen LogP contribution < -0.4 is 5.73 Å². The predicted octanol–water partition coefficient (Wildman–Crippen LogP) is 1.74. The van der Waals surface area contributed by atoms with Gasteiger partial charge in [-0.05, 0) is 17.0 Å². The van der Waals surface area contributed by atoms with Crippen LogP contribution in [0.1, 0.15) is 30.9 Å². The van der Waals surface area contributed by atoms with Crippen LogP contribution in [-0.4, -0.2) is 34.3 Å². The van der Waals surface area contributed by atoms with Crippen molar-refractivity contribution in [2.45, 2.75) is 32.4 Å². The van der Waals surface area contributed by atoms with Gasteiger partial charge in [0.2, 0.25) is 11.8 Å². The van der Waals surface area contributed by atoms with E-state index in [4.69, 9.17) is 5.73 Å². The van der Waals surface area contributed by atoms with E-state index in [1.807, 2.05) is 12.1 Å². The summed E-state index contributed by atoms with van der Waals surface area (Å²) in [6.45, 7) is 4.73. The number of carbonyl (C=O) groups is 2. The molecule has 4 nitrogen and oxygen atoms in total. The maximum Gasteiger partial charge on any atom is 0.241 e. The highest BCUT2D eigenvalue weighted by molar-refractivity contribution is 8.00. The lowest BCUT2D eigenvalue weighted by Crippen LogP contribution is -2.52. The molecule has 1 aromatic rings. The minimum atomic E-state index is -0.494. The Morgan fingerprint density at radius 3 is 2.60 bits per heavy atom. The standard InChI is InChI=1S/C15H20N2O2S/c1-10(2)12-5-3-11(4-6-12)7-17-13(15(16)19)8-20-9-14(17)18/h3-6,10,13H,7-9H2,1-2H3,(H2,16,19). The lowest BCUT2D eigenvalue weighted by atomic mass is 10.0. The van der Waals surface area contributed by atoms with Crippen molar-refractivity contribution in [3.63, 3.8) is 0 Å². The highest BCUT2D eigenvalue weighted by Gasteiger charge is 2.32. The van der Waals surface area contributed by atoms with Gasteiger partial charge in [0.1, 0.15) is 6.04 Å². The molecule has 1 aromatic carbocycles. The first-order valence-electron chi connectivity index (χ1n) is 6.74. The van der Waals surface area contributed by atoms with Crippen molar-refractivity contribution in [2.75, 3.05) is 11.5 Å². The number of nitrogens with zero attached hydrogens (tertiary/aromatic N) is 1. The van der Waals surface area contributed by atoms with Crippen LogP contribution in [-0.2, 0) is 16.1 Å². The normalized spacial score (nSPS) is 19.4. The number of rotatable bonds is 4. The van der Waals surface area contributed by atoms with Crippen LogP contribution in [0.25, 0.3) is 0 Å². The summed E-state index contributed by atoms with van der Waals surface area (Å²) in [5.41, 5.74) is 7.68. The van der Waals surface area contributed by atoms with E-state index in [2.05, 4.69) is 26.0 Å². The molecule has 108 valence electrons. The van der Waals surface area contributed by atoms with E-state index >= 15 is 0 Å². The third-order valence-corrected chi connectivity index (χ3v) is 4.53. The smallest absolute Gasteiger partial charge is 0.241 e. The molecule has 0 bridgehead atoms. The van der Waals surface area contributed by atoms with Crippen molar-refractivity contribution in [1.82, 2.24) is 4.90 Å². The minimum absolute atomic E-state index is 0.0158.